The first-order valence-electron chi connectivity index (χ1n) is 5.77. The molecular formula is C12H15NO5. The molecule has 6 nitrogen and oxygen atoms in total. The normalized spacial score (nSPS) is 18.8. The summed E-state index contributed by atoms with van der Waals surface area (Å²) >= 11 is 0. The Morgan fingerprint density at radius 1 is 1.56 bits per heavy atom. The van der Waals surface area contributed by atoms with E-state index in [4.69, 9.17) is 14.3 Å². The minimum atomic E-state index is -1.11. The molecule has 0 aromatic carbocycles. The Bertz CT molecular complexity index is 447. The van der Waals surface area contributed by atoms with Gasteiger partial charge in [-0.15, -0.1) is 0 Å². The molecule has 0 aliphatic carbocycles. The number of hydrogen-bond acceptors (Lipinski definition) is 4. The van der Waals surface area contributed by atoms with E-state index in [1.807, 2.05) is 0 Å². The number of rotatable bonds is 4. The maximum Gasteiger partial charge on any atom is 0.338 e. The second-order valence-electron chi connectivity index (χ2n) is 4.33. The van der Waals surface area contributed by atoms with Gasteiger partial charge < -0.3 is 19.2 Å². The van der Waals surface area contributed by atoms with E-state index in [1.54, 1.807) is 7.05 Å². The Morgan fingerprint density at radius 2 is 2.33 bits per heavy atom. The molecular weight excluding hydrogens is 238 g/mol. The number of ether oxygens (including phenoxy) is 1. The molecule has 18 heavy (non-hydrogen) atoms. The first-order valence-corrected chi connectivity index (χ1v) is 5.77. The SMILES string of the molecule is CN(C[C@@H]1CCCO1)C(=O)c1cc(C(=O)O)co1. The second-order valence-corrected chi connectivity index (χ2v) is 4.33. The minimum absolute atomic E-state index is 0.0242. The highest BCUT2D eigenvalue weighted by molar-refractivity contribution is 5.95. The van der Waals surface area contributed by atoms with Gasteiger partial charge in [0.25, 0.3) is 5.91 Å². The van der Waals surface area contributed by atoms with Crippen LogP contribution in [0.15, 0.2) is 16.7 Å². The quantitative estimate of drug-likeness (QED) is 0.872. The average molecular weight is 253 g/mol. The van der Waals surface area contributed by atoms with Gasteiger partial charge in [-0.05, 0) is 12.8 Å². The standard InChI is InChI=1S/C12H15NO5/c1-13(6-9-3-2-4-17-9)11(14)10-5-8(7-18-10)12(15)16/h5,7,9H,2-4,6H2,1H3,(H,15,16)/t9-/m0/s1. The van der Waals surface area contributed by atoms with Gasteiger partial charge in [-0.1, -0.05) is 0 Å². The lowest BCUT2D eigenvalue weighted by Gasteiger charge is -2.19. The summed E-state index contributed by atoms with van der Waals surface area (Å²) in [6.07, 6.45) is 3.08. The van der Waals surface area contributed by atoms with Crippen LogP contribution in [-0.2, 0) is 4.74 Å². The Morgan fingerprint density at radius 3 is 2.89 bits per heavy atom. The fourth-order valence-electron chi connectivity index (χ4n) is 1.93. The molecule has 6 heteroatoms. The number of likely N-dealkylation sites (N-methyl/N-ethyl adjacent to an activating group) is 1. The van der Waals surface area contributed by atoms with E-state index in [9.17, 15) is 9.59 Å². The molecule has 1 aliphatic rings. The summed E-state index contributed by atoms with van der Waals surface area (Å²) in [5, 5.41) is 8.74. The topological polar surface area (TPSA) is 80.0 Å². The zero-order chi connectivity index (χ0) is 13.1. The first-order chi connectivity index (χ1) is 8.58. The molecule has 1 aromatic heterocycles. The molecule has 2 heterocycles. The largest absolute Gasteiger partial charge is 0.478 e. The summed E-state index contributed by atoms with van der Waals surface area (Å²) in [5.41, 5.74) is -0.0242. The maximum absolute atomic E-state index is 12.0. The molecule has 1 atom stereocenters. The Hall–Kier alpha value is -1.82. The van der Waals surface area contributed by atoms with Crippen molar-refractivity contribution in [3.63, 3.8) is 0 Å². The van der Waals surface area contributed by atoms with Crippen molar-refractivity contribution in [2.24, 2.45) is 0 Å². The van der Waals surface area contributed by atoms with Crippen molar-refractivity contribution in [1.29, 1.82) is 0 Å². The number of aromatic carboxylic acids is 1. The van der Waals surface area contributed by atoms with Crippen molar-refractivity contribution >= 4 is 11.9 Å². The summed E-state index contributed by atoms with van der Waals surface area (Å²) in [4.78, 5) is 24.1. The molecule has 1 aromatic rings. The third-order valence-electron chi connectivity index (χ3n) is 2.91. The van der Waals surface area contributed by atoms with E-state index in [0.29, 0.717) is 6.54 Å². The summed E-state index contributed by atoms with van der Waals surface area (Å²) in [7, 11) is 1.65. The molecule has 1 N–H and O–H groups in total. The highest BCUT2D eigenvalue weighted by Gasteiger charge is 2.23. The van der Waals surface area contributed by atoms with Gasteiger partial charge in [-0.25, -0.2) is 4.79 Å². The number of carboxylic acid groups (broad SMARTS) is 1. The van der Waals surface area contributed by atoms with Crippen LogP contribution in [0.1, 0.15) is 33.8 Å². The van der Waals surface area contributed by atoms with Crippen LogP contribution >= 0.6 is 0 Å². The van der Waals surface area contributed by atoms with Crippen molar-refractivity contribution in [3.05, 3.63) is 23.7 Å². The van der Waals surface area contributed by atoms with E-state index in [-0.39, 0.29) is 23.3 Å². The molecule has 0 spiro atoms. The monoisotopic (exact) mass is 253 g/mol. The molecule has 0 saturated carbocycles. The highest BCUT2D eigenvalue weighted by Crippen LogP contribution is 2.15. The third-order valence-corrected chi connectivity index (χ3v) is 2.91. The van der Waals surface area contributed by atoms with Gasteiger partial charge >= 0.3 is 5.97 Å². The third kappa shape index (κ3) is 2.70. The number of carbonyl (C=O) groups excluding carboxylic acids is 1. The van der Waals surface area contributed by atoms with Crippen molar-refractivity contribution in [2.45, 2.75) is 18.9 Å². The fraction of sp³-hybridized carbons (Fsp3) is 0.500. The van der Waals surface area contributed by atoms with Crippen LogP contribution in [0.4, 0.5) is 0 Å². The number of carbonyl (C=O) groups is 2. The predicted molar refractivity (Wildman–Crippen MR) is 61.6 cm³/mol. The van der Waals surface area contributed by atoms with E-state index in [0.717, 1.165) is 25.7 Å². The maximum atomic E-state index is 12.0. The van der Waals surface area contributed by atoms with Gasteiger partial charge in [0, 0.05) is 26.3 Å². The van der Waals surface area contributed by atoms with Crippen molar-refractivity contribution in [2.75, 3.05) is 20.2 Å². The summed E-state index contributed by atoms with van der Waals surface area (Å²) in [5.74, 6) is -1.41. The van der Waals surface area contributed by atoms with Crippen LogP contribution in [0.25, 0.3) is 0 Å². The average Bonchev–Trinajstić information content (AvgIpc) is 2.98. The Balaban J connectivity index is 1.98. The van der Waals surface area contributed by atoms with Gasteiger partial charge in [-0.2, -0.15) is 0 Å². The zero-order valence-corrected chi connectivity index (χ0v) is 10.1. The highest BCUT2D eigenvalue weighted by atomic mass is 16.5. The van der Waals surface area contributed by atoms with E-state index >= 15 is 0 Å². The summed E-state index contributed by atoms with van der Waals surface area (Å²) in [6, 6.07) is 1.23. The first kappa shape index (κ1) is 12.6. The molecule has 1 saturated heterocycles. The van der Waals surface area contributed by atoms with Crippen LogP contribution in [-0.4, -0.2) is 48.2 Å². The zero-order valence-electron chi connectivity index (χ0n) is 10.1. The van der Waals surface area contributed by atoms with Crippen LogP contribution in [0.2, 0.25) is 0 Å². The van der Waals surface area contributed by atoms with Gasteiger partial charge in [0.05, 0.1) is 11.7 Å². The van der Waals surface area contributed by atoms with E-state index in [1.165, 1.54) is 11.0 Å². The smallest absolute Gasteiger partial charge is 0.338 e. The fourth-order valence-corrected chi connectivity index (χ4v) is 1.93. The van der Waals surface area contributed by atoms with Crippen LogP contribution in [0.5, 0.6) is 0 Å². The Kier molecular flexibility index (Phi) is 3.66. The van der Waals surface area contributed by atoms with E-state index < -0.39 is 5.97 Å². The number of nitrogens with zero attached hydrogens (tertiary/aromatic N) is 1. The molecule has 0 unspecified atom stereocenters. The van der Waals surface area contributed by atoms with Crippen molar-refractivity contribution in [1.82, 2.24) is 4.90 Å². The van der Waals surface area contributed by atoms with Crippen LogP contribution in [0, 0.1) is 0 Å². The molecule has 2 rings (SSSR count). The second kappa shape index (κ2) is 5.22. The lowest BCUT2D eigenvalue weighted by atomic mass is 10.2. The number of furan rings is 1. The number of amides is 1. The van der Waals surface area contributed by atoms with Crippen LogP contribution < -0.4 is 0 Å². The predicted octanol–water partition coefficient (Wildman–Crippen LogP) is 1.23. The van der Waals surface area contributed by atoms with Gasteiger partial charge in [0.1, 0.15) is 6.26 Å². The number of carboxylic acids is 1. The van der Waals surface area contributed by atoms with Crippen LogP contribution in [0.3, 0.4) is 0 Å². The van der Waals surface area contributed by atoms with Crippen molar-refractivity contribution < 1.29 is 23.8 Å². The molecule has 1 aliphatic heterocycles. The van der Waals surface area contributed by atoms with Crippen molar-refractivity contribution in [3.8, 4) is 0 Å². The minimum Gasteiger partial charge on any atom is -0.478 e. The number of hydrogen-bond donors (Lipinski definition) is 1. The van der Waals surface area contributed by atoms with Gasteiger partial charge in [-0.3, -0.25) is 4.79 Å². The molecule has 0 bridgehead atoms. The lowest BCUT2D eigenvalue weighted by Crippen LogP contribution is -2.33. The van der Waals surface area contributed by atoms with E-state index in [2.05, 4.69) is 0 Å². The summed E-state index contributed by atoms with van der Waals surface area (Å²) < 4.78 is 10.4. The van der Waals surface area contributed by atoms with Gasteiger partial charge in [0.2, 0.25) is 0 Å². The Labute approximate surface area is 104 Å². The molecule has 0 radical (unpaired) electrons. The lowest BCUT2D eigenvalue weighted by molar-refractivity contribution is 0.0563. The van der Waals surface area contributed by atoms with Gasteiger partial charge in [0.15, 0.2) is 5.76 Å². The molecule has 1 amide bonds. The molecule has 98 valence electrons. The summed E-state index contributed by atoms with van der Waals surface area (Å²) in [6.45, 7) is 1.22. The molecule has 1 fully saturated rings.